The normalized spacial score (nSPS) is 16.1. The largest absolute Gasteiger partial charge is 0.370 e. The molecule has 3 rings (SSSR count). The zero-order valence-corrected chi connectivity index (χ0v) is 21.3. The molecule has 2 heterocycles. The van der Waals surface area contributed by atoms with Crippen molar-refractivity contribution >= 4 is 46.5 Å². The number of rotatable bonds is 12. The Hall–Kier alpha value is -4.00. The molecule has 2 aromatic rings. The van der Waals surface area contributed by atoms with E-state index in [-0.39, 0.29) is 36.1 Å². The second-order valence-corrected chi connectivity index (χ2v) is 9.67. The van der Waals surface area contributed by atoms with Crippen molar-refractivity contribution in [2.24, 2.45) is 38.8 Å². The number of ketones is 1. The summed E-state index contributed by atoms with van der Waals surface area (Å²) < 4.78 is 0. The predicted octanol–water partition coefficient (Wildman–Crippen LogP) is 0.250. The molecule has 2 amide bonds. The summed E-state index contributed by atoms with van der Waals surface area (Å²) >= 11 is 1.21. The first kappa shape index (κ1) is 27.6. The van der Waals surface area contributed by atoms with E-state index in [0.717, 1.165) is 18.4 Å². The topological polar surface area (TPSA) is 208 Å². The van der Waals surface area contributed by atoms with Gasteiger partial charge in [-0.25, -0.2) is 9.98 Å². The number of nitrogens with one attached hydrogen (secondary N) is 1. The van der Waals surface area contributed by atoms with E-state index < -0.39 is 11.9 Å². The third-order valence-electron chi connectivity index (χ3n) is 5.89. The first-order valence-corrected chi connectivity index (χ1v) is 12.9. The predicted molar refractivity (Wildman–Crippen MR) is 143 cm³/mol. The van der Waals surface area contributed by atoms with Gasteiger partial charge in [-0.3, -0.25) is 19.4 Å². The van der Waals surface area contributed by atoms with Crippen molar-refractivity contribution in [2.45, 2.75) is 38.1 Å². The second kappa shape index (κ2) is 13.3. The van der Waals surface area contributed by atoms with Crippen LogP contribution in [0.5, 0.6) is 0 Å². The summed E-state index contributed by atoms with van der Waals surface area (Å²) in [6.45, 7) is 0.704. The van der Waals surface area contributed by atoms with Gasteiger partial charge in [0.05, 0.1) is 18.3 Å². The van der Waals surface area contributed by atoms with Crippen LogP contribution in [0.15, 0.2) is 45.8 Å². The van der Waals surface area contributed by atoms with Crippen LogP contribution in [-0.2, 0) is 16.0 Å². The molecule has 2 atom stereocenters. The number of carbonyl (C=O) groups excluding carboxylic acids is 3. The Morgan fingerprint density at radius 1 is 1.16 bits per heavy atom. The van der Waals surface area contributed by atoms with Gasteiger partial charge in [-0.1, -0.05) is 12.1 Å². The number of amides is 2. The number of likely N-dealkylation sites (tertiary alicyclic amines) is 1. The highest BCUT2D eigenvalue weighted by Gasteiger charge is 2.31. The minimum atomic E-state index is -0.785. The molecule has 37 heavy (non-hydrogen) atoms. The Labute approximate surface area is 219 Å². The number of hydrogen-bond acceptors (Lipinski definition) is 7. The summed E-state index contributed by atoms with van der Waals surface area (Å²) in [5, 5.41) is 4.80. The highest BCUT2D eigenvalue weighted by Crippen LogP contribution is 2.23. The van der Waals surface area contributed by atoms with Crippen molar-refractivity contribution in [3.63, 3.8) is 0 Å². The summed E-state index contributed by atoms with van der Waals surface area (Å²) in [4.78, 5) is 52.5. The first-order chi connectivity index (χ1) is 17.7. The molecule has 1 aromatic heterocycles. The van der Waals surface area contributed by atoms with E-state index >= 15 is 0 Å². The van der Waals surface area contributed by atoms with E-state index in [4.69, 9.17) is 22.9 Å². The summed E-state index contributed by atoms with van der Waals surface area (Å²) in [6, 6.07) is 6.57. The molecule has 1 aromatic carbocycles. The van der Waals surface area contributed by atoms with Crippen LogP contribution < -0.4 is 28.3 Å². The van der Waals surface area contributed by atoms with Gasteiger partial charge in [-0.15, -0.1) is 11.3 Å². The average Bonchev–Trinajstić information content (AvgIpc) is 3.39. The number of guanidine groups is 2. The Balaban J connectivity index is 1.59. The number of piperidine rings is 1. The first-order valence-electron chi connectivity index (χ1n) is 12.0. The van der Waals surface area contributed by atoms with Gasteiger partial charge >= 0.3 is 0 Å². The van der Waals surface area contributed by atoms with Crippen molar-refractivity contribution in [3.8, 4) is 0 Å². The van der Waals surface area contributed by atoms with Crippen LogP contribution in [0.25, 0.3) is 0 Å². The fourth-order valence-corrected chi connectivity index (χ4v) is 4.82. The molecule has 1 aliphatic rings. The summed E-state index contributed by atoms with van der Waals surface area (Å²) in [7, 11) is 0. The summed E-state index contributed by atoms with van der Waals surface area (Å²) in [5.74, 6) is -1.04. The minimum absolute atomic E-state index is 0.0199. The van der Waals surface area contributed by atoms with Crippen LogP contribution in [0.3, 0.4) is 0 Å². The Bertz CT molecular complexity index is 1120. The van der Waals surface area contributed by atoms with Crippen LogP contribution in [0.2, 0.25) is 0 Å². The molecule has 1 unspecified atom stereocenters. The zero-order chi connectivity index (χ0) is 26.8. The third kappa shape index (κ3) is 8.56. The molecule has 1 saturated heterocycles. The fraction of sp³-hybridized carbons (Fsp3) is 0.417. The van der Waals surface area contributed by atoms with Crippen LogP contribution in [-0.4, -0.2) is 65.1 Å². The maximum absolute atomic E-state index is 13.1. The molecule has 1 fully saturated rings. The maximum Gasteiger partial charge on any atom is 0.240 e. The number of aliphatic imine (C=N–C) groups is 2. The molecule has 0 saturated carbocycles. The lowest BCUT2D eigenvalue weighted by Crippen LogP contribution is -2.50. The molecule has 0 spiro atoms. The number of nitrogens with two attached hydrogens (primary N) is 4. The summed E-state index contributed by atoms with van der Waals surface area (Å²) in [6.07, 6.45) is 4.45. The van der Waals surface area contributed by atoms with E-state index in [1.807, 2.05) is 12.1 Å². The minimum Gasteiger partial charge on any atom is -0.370 e. The SMILES string of the molecule is NC(N)=NCCC[C@H](NC(=O)CN1CCCC(Cc2ccc(N=C(N)N)cc2)C1=O)C(=O)c1nccs1. The van der Waals surface area contributed by atoms with Crippen molar-refractivity contribution in [1.82, 2.24) is 15.2 Å². The van der Waals surface area contributed by atoms with E-state index in [0.29, 0.717) is 43.0 Å². The van der Waals surface area contributed by atoms with Crippen molar-refractivity contribution < 1.29 is 14.4 Å². The van der Waals surface area contributed by atoms with Crippen molar-refractivity contribution in [3.05, 3.63) is 46.4 Å². The quantitative estimate of drug-likeness (QED) is 0.112. The molecule has 12 nitrogen and oxygen atoms in total. The van der Waals surface area contributed by atoms with Gasteiger partial charge in [0.2, 0.25) is 17.6 Å². The van der Waals surface area contributed by atoms with Crippen molar-refractivity contribution in [1.29, 1.82) is 0 Å². The summed E-state index contributed by atoms with van der Waals surface area (Å²) in [5.41, 5.74) is 23.1. The smallest absolute Gasteiger partial charge is 0.240 e. The third-order valence-corrected chi connectivity index (χ3v) is 6.68. The van der Waals surface area contributed by atoms with Gasteiger partial charge in [0, 0.05) is 30.6 Å². The number of aromatic nitrogens is 1. The fourth-order valence-electron chi connectivity index (χ4n) is 4.19. The number of Topliss-reactive ketones (excluding diaryl/α,β-unsaturated/α-hetero) is 1. The second-order valence-electron chi connectivity index (χ2n) is 8.78. The van der Waals surface area contributed by atoms with Crippen LogP contribution in [0, 0.1) is 5.92 Å². The molecule has 13 heteroatoms. The van der Waals surface area contributed by atoms with Crippen LogP contribution in [0.4, 0.5) is 5.69 Å². The van der Waals surface area contributed by atoms with Gasteiger partial charge in [0.1, 0.15) is 0 Å². The lowest BCUT2D eigenvalue weighted by molar-refractivity contribution is -0.142. The maximum atomic E-state index is 13.1. The zero-order valence-electron chi connectivity index (χ0n) is 20.5. The van der Waals surface area contributed by atoms with Gasteiger partial charge < -0.3 is 33.2 Å². The lowest BCUT2D eigenvalue weighted by Gasteiger charge is -2.32. The number of thiazole rings is 1. The standard InChI is InChI=1S/C24H33N9O3S/c25-23(26)30-9-1-4-18(20(35)21-29-10-12-37-21)32-19(34)14-33-11-2-3-16(22(33)36)13-15-5-7-17(8-6-15)31-24(27)28/h5-8,10,12,16,18H,1-4,9,11,13-14H2,(H,32,34)(H4,25,26,30)(H4,27,28,31)/t16?,18-/m0/s1. The average molecular weight is 528 g/mol. The highest BCUT2D eigenvalue weighted by atomic mass is 32.1. The van der Waals surface area contributed by atoms with Gasteiger partial charge in [-0.2, -0.15) is 0 Å². The molecular weight excluding hydrogens is 494 g/mol. The lowest BCUT2D eigenvalue weighted by atomic mass is 9.90. The van der Waals surface area contributed by atoms with Crippen molar-refractivity contribution in [2.75, 3.05) is 19.6 Å². The number of hydrogen-bond donors (Lipinski definition) is 5. The van der Waals surface area contributed by atoms with E-state index in [9.17, 15) is 14.4 Å². The molecule has 198 valence electrons. The number of nitrogens with zero attached hydrogens (tertiary/aromatic N) is 4. The molecule has 9 N–H and O–H groups in total. The highest BCUT2D eigenvalue weighted by molar-refractivity contribution is 7.11. The Kier molecular flexibility index (Phi) is 9.95. The Morgan fingerprint density at radius 2 is 1.92 bits per heavy atom. The van der Waals surface area contributed by atoms with E-state index in [1.54, 1.807) is 22.4 Å². The number of benzene rings is 1. The molecular formula is C24H33N9O3S. The Morgan fingerprint density at radius 3 is 2.57 bits per heavy atom. The van der Waals surface area contributed by atoms with Crippen LogP contribution >= 0.6 is 11.3 Å². The van der Waals surface area contributed by atoms with E-state index in [2.05, 4.69) is 20.3 Å². The molecule has 0 bridgehead atoms. The number of carbonyl (C=O) groups is 3. The molecule has 1 aliphatic heterocycles. The van der Waals surface area contributed by atoms with Gasteiger partial charge in [-0.05, 0) is 49.8 Å². The molecule has 0 aliphatic carbocycles. The van der Waals surface area contributed by atoms with E-state index in [1.165, 1.54) is 17.5 Å². The van der Waals surface area contributed by atoms with Gasteiger partial charge in [0.15, 0.2) is 16.9 Å². The monoisotopic (exact) mass is 527 g/mol. The molecule has 0 radical (unpaired) electrons. The van der Waals surface area contributed by atoms with Crippen LogP contribution in [0.1, 0.15) is 41.0 Å². The van der Waals surface area contributed by atoms with Gasteiger partial charge in [0.25, 0.3) is 0 Å².